The number of rotatable bonds is 4. The first kappa shape index (κ1) is 12.9. The highest BCUT2D eigenvalue weighted by Gasteiger charge is 2.31. The first-order chi connectivity index (χ1) is 7.57. The maximum absolute atomic E-state index is 11.9. The number of morpholine rings is 1. The zero-order valence-electron chi connectivity index (χ0n) is 9.60. The van der Waals surface area contributed by atoms with E-state index < -0.39 is 18.1 Å². The van der Waals surface area contributed by atoms with Crippen molar-refractivity contribution in [3.8, 4) is 0 Å². The van der Waals surface area contributed by atoms with Crippen LogP contribution in [0.4, 0.5) is 0 Å². The van der Waals surface area contributed by atoms with Gasteiger partial charge in [0.1, 0.15) is 12.1 Å². The van der Waals surface area contributed by atoms with Gasteiger partial charge in [0.05, 0.1) is 6.61 Å². The molecule has 1 aliphatic rings. The maximum Gasteiger partial charge on any atom is 0.326 e. The lowest BCUT2D eigenvalue weighted by atomic mass is 10.1. The van der Waals surface area contributed by atoms with Crippen LogP contribution in [0.15, 0.2) is 0 Å². The molecule has 0 aromatic heterocycles. The lowest BCUT2D eigenvalue weighted by Gasteiger charge is -2.30. The minimum absolute atomic E-state index is 0.276. The molecule has 2 atom stereocenters. The Balaban J connectivity index is 2.60. The molecule has 0 saturated carbocycles. The summed E-state index contributed by atoms with van der Waals surface area (Å²) in [7, 11) is 1.50. The molecular formula is C10H18N2O4. The van der Waals surface area contributed by atoms with Gasteiger partial charge in [-0.05, 0) is 6.42 Å². The summed E-state index contributed by atoms with van der Waals surface area (Å²) in [6.45, 7) is 3.39. The number of carbonyl (C=O) groups is 2. The molecule has 1 amide bonds. The molecule has 1 aliphatic heterocycles. The van der Waals surface area contributed by atoms with Crippen LogP contribution in [-0.2, 0) is 14.3 Å². The lowest BCUT2D eigenvalue weighted by Crippen LogP contribution is -2.52. The highest BCUT2D eigenvalue weighted by Crippen LogP contribution is 2.07. The van der Waals surface area contributed by atoms with Gasteiger partial charge in [0.25, 0.3) is 5.91 Å². The number of hydrogen-bond donors (Lipinski definition) is 2. The van der Waals surface area contributed by atoms with Crippen molar-refractivity contribution in [1.29, 1.82) is 0 Å². The average Bonchev–Trinajstić information content (AvgIpc) is 2.29. The van der Waals surface area contributed by atoms with Crippen molar-refractivity contribution in [3.05, 3.63) is 0 Å². The molecule has 0 aromatic carbocycles. The van der Waals surface area contributed by atoms with E-state index in [4.69, 9.17) is 9.84 Å². The Morgan fingerprint density at radius 1 is 1.62 bits per heavy atom. The van der Waals surface area contributed by atoms with Crippen LogP contribution in [0, 0.1) is 0 Å². The van der Waals surface area contributed by atoms with E-state index in [1.54, 1.807) is 6.92 Å². The van der Waals surface area contributed by atoms with E-state index >= 15 is 0 Å². The van der Waals surface area contributed by atoms with Crippen LogP contribution in [0.5, 0.6) is 0 Å². The third-order valence-corrected chi connectivity index (χ3v) is 2.69. The number of carbonyl (C=O) groups excluding carboxylic acids is 1. The summed E-state index contributed by atoms with van der Waals surface area (Å²) in [4.78, 5) is 24.1. The van der Waals surface area contributed by atoms with Crippen LogP contribution in [0.1, 0.15) is 13.3 Å². The monoisotopic (exact) mass is 230 g/mol. The quantitative estimate of drug-likeness (QED) is 0.667. The van der Waals surface area contributed by atoms with E-state index in [2.05, 4.69) is 5.32 Å². The molecule has 0 aliphatic carbocycles. The molecule has 0 aromatic rings. The average molecular weight is 230 g/mol. The van der Waals surface area contributed by atoms with E-state index in [9.17, 15) is 9.59 Å². The van der Waals surface area contributed by atoms with E-state index in [1.165, 1.54) is 11.9 Å². The SMILES string of the molecule is CCC(C(=O)O)N(C)C(=O)C1CNCCO1. The summed E-state index contributed by atoms with van der Waals surface area (Å²) in [5.41, 5.74) is 0. The van der Waals surface area contributed by atoms with Crippen LogP contribution >= 0.6 is 0 Å². The topological polar surface area (TPSA) is 78.9 Å². The molecule has 0 spiro atoms. The largest absolute Gasteiger partial charge is 0.480 e. The summed E-state index contributed by atoms with van der Waals surface area (Å²) < 4.78 is 5.29. The predicted molar refractivity (Wildman–Crippen MR) is 57.1 cm³/mol. The predicted octanol–water partition coefficient (Wildman–Crippen LogP) is -0.704. The number of ether oxygens (including phenoxy) is 1. The van der Waals surface area contributed by atoms with Crippen molar-refractivity contribution in [2.75, 3.05) is 26.7 Å². The second kappa shape index (κ2) is 5.81. The zero-order chi connectivity index (χ0) is 12.1. The van der Waals surface area contributed by atoms with Gasteiger partial charge in [-0.2, -0.15) is 0 Å². The first-order valence-electron chi connectivity index (χ1n) is 5.39. The van der Waals surface area contributed by atoms with E-state index in [0.717, 1.165) is 6.54 Å². The molecule has 92 valence electrons. The molecule has 1 heterocycles. The van der Waals surface area contributed by atoms with Gasteiger partial charge in [-0.1, -0.05) is 6.92 Å². The second-order valence-corrected chi connectivity index (χ2v) is 3.77. The van der Waals surface area contributed by atoms with Gasteiger partial charge >= 0.3 is 5.97 Å². The molecule has 2 unspecified atom stereocenters. The van der Waals surface area contributed by atoms with Gasteiger partial charge in [-0.3, -0.25) is 4.79 Å². The molecule has 1 saturated heterocycles. The van der Waals surface area contributed by atoms with Crippen LogP contribution in [-0.4, -0.2) is 60.8 Å². The van der Waals surface area contributed by atoms with Crippen LogP contribution in [0.2, 0.25) is 0 Å². The normalized spacial score (nSPS) is 22.5. The van der Waals surface area contributed by atoms with Crippen LogP contribution in [0.25, 0.3) is 0 Å². The van der Waals surface area contributed by atoms with Crippen molar-refractivity contribution in [2.24, 2.45) is 0 Å². The molecule has 0 radical (unpaired) electrons. The third kappa shape index (κ3) is 2.93. The summed E-state index contributed by atoms with van der Waals surface area (Å²) in [5, 5.41) is 12.0. The third-order valence-electron chi connectivity index (χ3n) is 2.69. The fourth-order valence-electron chi connectivity index (χ4n) is 1.72. The number of nitrogens with one attached hydrogen (secondary N) is 1. The Bertz CT molecular complexity index is 264. The van der Waals surface area contributed by atoms with E-state index in [1.807, 2.05) is 0 Å². The second-order valence-electron chi connectivity index (χ2n) is 3.77. The Kier molecular flexibility index (Phi) is 4.70. The van der Waals surface area contributed by atoms with Gasteiger partial charge < -0.3 is 20.1 Å². The zero-order valence-corrected chi connectivity index (χ0v) is 9.60. The number of nitrogens with zero attached hydrogens (tertiary/aromatic N) is 1. The van der Waals surface area contributed by atoms with Crippen LogP contribution in [0.3, 0.4) is 0 Å². The highest BCUT2D eigenvalue weighted by atomic mass is 16.5. The molecular weight excluding hydrogens is 212 g/mol. The van der Waals surface area contributed by atoms with Gasteiger partial charge in [0.2, 0.25) is 0 Å². The molecule has 16 heavy (non-hydrogen) atoms. The van der Waals surface area contributed by atoms with Gasteiger partial charge in [-0.15, -0.1) is 0 Å². The maximum atomic E-state index is 11.9. The fraction of sp³-hybridized carbons (Fsp3) is 0.800. The van der Waals surface area contributed by atoms with Crippen molar-refractivity contribution < 1.29 is 19.4 Å². The van der Waals surface area contributed by atoms with Gasteiger partial charge in [-0.25, -0.2) is 4.79 Å². The molecule has 1 rings (SSSR count). The van der Waals surface area contributed by atoms with Crippen molar-refractivity contribution in [2.45, 2.75) is 25.5 Å². The standard InChI is InChI=1S/C10H18N2O4/c1-3-7(10(14)15)12(2)9(13)8-6-11-4-5-16-8/h7-8,11H,3-6H2,1-2H3,(H,14,15). The first-order valence-corrected chi connectivity index (χ1v) is 5.39. The Labute approximate surface area is 94.6 Å². The summed E-state index contributed by atoms with van der Waals surface area (Å²) in [5.74, 6) is -1.26. The molecule has 2 N–H and O–H groups in total. The fourth-order valence-corrected chi connectivity index (χ4v) is 1.72. The minimum Gasteiger partial charge on any atom is -0.480 e. The molecule has 6 nitrogen and oxygen atoms in total. The number of carboxylic acids is 1. The minimum atomic E-state index is -0.984. The summed E-state index contributed by atoms with van der Waals surface area (Å²) in [6, 6.07) is -0.780. The Morgan fingerprint density at radius 3 is 2.75 bits per heavy atom. The van der Waals surface area contributed by atoms with Crippen molar-refractivity contribution in [3.63, 3.8) is 0 Å². The van der Waals surface area contributed by atoms with Crippen molar-refractivity contribution in [1.82, 2.24) is 10.2 Å². The number of carboxylic acid groups (broad SMARTS) is 1. The van der Waals surface area contributed by atoms with Gasteiger partial charge in [0, 0.05) is 20.1 Å². The van der Waals surface area contributed by atoms with E-state index in [-0.39, 0.29) is 5.91 Å². The Morgan fingerprint density at radius 2 is 2.31 bits per heavy atom. The number of amides is 1. The smallest absolute Gasteiger partial charge is 0.326 e. The van der Waals surface area contributed by atoms with Crippen LogP contribution < -0.4 is 5.32 Å². The molecule has 6 heteroatoms. The summed E-state index contributed by atoms with van der Waals surface area (Å²) in [6.07, 6.45) is -0.176. The lowest BCUT2D eigenvalue weighted by molar-refractivity contribution is -0.155. The number of aliphatic carboxylic acids is 1. The molecule has 1 fully saturated rings. The van der Waals surface area contributed by atoms with E-state index in [0.29, 0.717) is 19.6 Å². The Hall–Kier alpha value is -1.14. The van der Waals surface area contributed by atoms with Gasteiger partial charge in [0.15, 0.2) is 0 Å². The van der Waals surface area contributed by atoms with Crippen molar-refractivity contribution >= 4 is 11.9 Å². The molecule has 0 bridgehead atoms. The summed E-state index contributed by atoms with van der Waals surface area (Å²) >= 11 is 0. The highest BCUT2D eigenvalue weighted by molar-refractivity contribution is 5.86. The number of likely N-dealkylation sites (N-methyl/N-ethyl adjacent to an activating group) is 1. The number of hydrogen-bond acceptors (Lipinski definition) is 4.